The zero-order chi connectivity index (χ0) is 13.5. The highest BCUT2D eigenvalue weighted by Crippen LogP contribution is 2.51. The maximum absolute atomic E-state index is 6.09. The first-order valence-corrected chi connectivity index (χ1v) is 7.09. The number of benzene rings is 2. The Labute approximate surface area is 116 Å². The second-order valence-corrected chi connectivity index (χ2v) is 5.39. The fourth-order valence-corrected chi connectivity index (χ4v) is 3.33. The molecule has 0 aromatic heterocycles. The maximum Gasteiger partial charge on any atom is 0.139 e. The molecular formula is C17H19BO. The summed E-state index contributed by atoms with van der Waals surface area (Å²) in [5.41, 5.74) is 4.07. The molecule has 0 bridgehead atoms. The summed E-state index contributed by atoms with van der Waals surface area (Å²) in [6, 6.07) is 15.0. The average molecular weight is 250 g/mol. The Balaban J connectivity index is 2.31. The third-order valence-electron chi connectivity index (χ3n) is 4.48. The number of ether oxygens (including phenoxy) is 1. The van der Waals surface area contributed by atoms with Crippen molar-refractivity contribution in [3.8, 4) is 11.5 Å². The van der Waals surface area contributed by atoms with Crippen LogP contribution in [0.15, 0.2) is 42.5 Å². The lowest BCUT2D eigenvalue weighted by Crippen LogP contribution is -2.31. The van der Waals surface area contributed by atoms with Crippen molar-refractivity contribution in [3.63, 3.8) is 0 Å². The molecule has 1 aliphatic heterocycles. The van der Waals surface area contributed by atoms with Crippen molar-refractivity contribution in [3.05, 3.63) is 53.6 Å². The van der Waals surface area contributed by atoms with Gasteiger partial charge in [-0.2, -0.15) is 0 Å². The Kier molecular flexibility index (Phi) is 2.89. The van der Waals surface area contributed by atoms with Gasteiger partial charge in [-0.1, -0.05) is 49.6 Å². The van der Waals surface area contributed by atoms with Crippen LogP contribution in [-0.4, -0.2) is 7.85 Å². The Morgan fingerprint density at radius 3 is 2.37 bits per heavy atom. The molecule has 0 fully saturated rings. The van der Waals surface area contributed by atoms with Crippen molar-refractivity contribution in [2.75, 3.05) is 0 Å². The van der Waals surface area contributed by atoms with Crippen LogP contribution in [0.3, 0.4) is 0 Å². The minimum absolute atomic E-state index is 0.0934. The summed E-state index contributed by atoms with van der Waals surface area (Å²) in [6.07, 6.45) is 2.20. The van der Waals surface area contributed by atoms with Crippen LogP contribution in [0.5, 0.6) is 11.5 Å². The van der Waals surface area contributed by atoms with E-state index in [0.29, 0.717) is 0 Å². The van der Waals surface area contributed by atoms with E-state index in [4.69, 9.17) is 4.74 Å². The standard InChI is InChI=1S/C17H19BO/c1-3-17(4-2)13-7-5-6-8-15(13)19-16-10-9-12(18)11-14(16)17/h5-11H,3-4,18H2,1-2H3. The van der Waals surface area contributed by atoms with Crippen molar-refractivity contribution >= 4 is 13.3 Å². The predicted molar refractivity (Wildman–Crippen MR) is 82.5 cm³/mol. The van der Waals surface area contributed by atoms with Crippen molar-refractivity contribution < 1.29 is 4.74 Å². The molecule has 96 valence electrons. The molecule has 1 heterocycles. The van der Waals surface area contributed by atoms with Crippen LogP contribution in [0.1, 0.15) is 37.8 Å². The van der Waals surface area contributed by atoms with E-state index in [2.05, 4.69) is 58.1 Å². The van der Waals surface area contributed by atoms with Gasteiger partial charge in [0.2, 0.25) is 0 Å². The van der Waals surface area contributed by atoms with Gasteiger partial charge >= 0.3 is 0 Å². The Morgan fingerprint density at radius 2 is 1.63 bits per heavy atom. The molecule has 2 aromatic rings. The smallest absolute Gasteiger partial charge is 0.139 e. The van der Waals surface area contributed by atoms with E-state index in [1.54, 1.807) is 0 Å². The fraction of sp³-hybridized carbons (Fsp3) is 0.294. The van der Waals surface area contributed by atoms with Crippen LogP contribution in [0.25, 0.3) is 0 Å². The topological polar surface area (TPSA) is 9.23 Å². The van der Waals surface area contributed by atoms with Crippen LogP contribution < -0.4 is 10.2 Å². The number of para-hydroxylation sites is 1. The second kappa shape index (κ2) is 4.45. The highest BCUT2D eigenvalue weighted by Gasteiger charge is 2.39. The lowest BCUT2D eigenvalue weighted by atomic mass is 9.68. The molecular weight excluding hydrogens is 231 g/mol. The molecule has 0 saturated carbocycles. The lowest BCUT2D eigenvalue weighted by Gasteiger charge is -2.39. The van der Waals surface area contributed by atoms with E-state index < -0.39 is 0 Å². The van der Waals surface area contributed by atoms with Crippen molar-refractivity contribution in [2.45, 2.75) is 32.1 Å². The molecule has 1 nitrogen and oxygen atoms in total. The number of hydrogen-bond donors (Lipinski definition) is 0. The van der Waals surface area contributed by atoms with Crippen molar-refractivity contribution in [1.29, 1.82) is 0 Å². The van der Waals surface area contributed by atoms with Gasteiger partial charge in [0.1, 0.15) is 19.3 Å². The normalized spacial score (nSPS) is 15.3. The molecule has 3 rings (SSSR count). The van der Waals surface area contributed by atoms with Crippen LogP contribution in [-0.2, 0) is 5.41 Å². The van der Waals surface area contributed by atoms with Crippen molar-refractivity contribution in [1.82, 2.24) is 0 Å². The molecule has 2 aromatic carbocycles. The molecule has 0 spiro atoms. The molecule has 0 aliphatic carbocycles. The van der Waals surface area contributed by atoms with E-state index in [-0.39, 0.29) is 5.41 Å². The molecule has 0 atom stereocenters. The van der Waals surface area contributed by atoms with E-state index >= 15 is 0 Å². The molecule has 0 amide bonds. The van der Waals surface area contributed by atoms with Crippen LogP contribution in [0.4, 0.5) is 0 Å². The van der Waals surface area contributed by atoms with Gasteiger partial charge in [-0.15, -0.1) is 0 Å². The Bertz CT molecular complexity index is 614. The van der Waals surface area contributed by atoms with Gasteiger partial charge in [0.05, 0.1) is 0 Å². The van der Waals surface area contributed by atoms with E-state index in [1.165, 1.54) is 16.6 Å². The molecule has 0 unspecified atom stereocenters. The first kappa shape index (κ1) is 12.3. The highest BCUT2D eigenvalue weighted by atomic mass is 16.5. The third-order valence-corrected chi connectivity index (χ3v) is 4.48. The minimum atomic E-state index is 0.0934. The van der Waals surface area contributed by atoms with E-state index in [0.717, 1.165) is 24.3 Å². The first-order valence-electron chi connectivity index (χ1n) is 7.09. The van der Waals surface area contributed by atoms with Crippen LogP contribution >= 0.6 is 0 Å². The van der Waals surface area contributed by atoms with Gasteiger partial charge < -0.3 is 4.74 Å². The predicted octanol–water partition coefficient (Wildman–Crippen LogP) is 3.16. The van der Waals surface area contributed by atoms with Crippen LogP contribution in [0, 0.1) is 0 Å². The summed E-state index contributed by atoms with van der Waals surface area (Å²) in [6.45, 7) is 4.55. The second-order valence-electron chi connectivity index (χ2n) is 5.39. The van der Waals surface area contributed by atoms with Gasteiger partial charge in [-0.05, 0) is 25.0 Å². The summed E-state index contributed by atoms with van der Waals surface area (Å²) in [7, 11) is 2.15. The Morgan fingerprint density at radius 1 is 0.947 bits per heavy atom. The third kappa shape index (κ3) is 1.70. The Hall–Kier alpha value is -1.70. The fourth-order valence-electron chi connectivity index (χ4n) is 3.33. The average Bonchev–Trinajstić information content (AvgIpc) is 2.45. The summed E-state index contributed by atoms with van der Waals surface area (Å²) in [5.74, 6) is 2.04. The van der Waals surface area contributed by atoms with Crippen LogP contribution in [0.2, 0.25) is 0 Å². The summed E-state index contributed by atoms with van der Waals surface area (Å²) in [4.78, 5) is 0. The van der Waals surface area contributed by atoms with Gasteiger partial charge in [-0.3, -0.25) is 0 Å². The monoisotopic (exact) mass is 250 g/mol. The minimum Gasteiger partial charge on any atom is -0.457 e. The summed E-state index contributed by atoms with van der Waals surface area (Å²) in [5, 5.41) is 0. The van der Waals surface area contributed by atoms with Gasteiger partial charge in [0, 0.05) is 16.5 Å². The number of rotatable bonds is 2. The zero-order valence-electron chi connectivity index (χ0n) is 11.9. The van der Waals surface area contributed by atoms with Gasteiger partial charge in [0.15, 0.2) is 0 Å². The molecule has 1 aliphatic rings. The van der Waals surface area contributed by atoms with Gasteiger partial charge in [-0.25, -0.2) is 0 Å². The molecule has 2 heteroatoms. The largest absolute Gasteiger partial charge is 0.457 e. The number of fused-ring (bicyclic) bond motifs is 2. The molecule has 0 radical (unpaired) electrons. The highest BCUT2D eigenvalue weighted by molar-refractivity contribution is 6.32. The summed E-state index contributed by atoms with van der Waals surface area (Å²) >= 11 is 0. The number of hydrogen-bond acceptors (Lipinski definition) is 1. The molecule has 19 heavy (non-hydrogen) atoms. The lowest BCUT2D eigenvalue weighted by molar-refractivity contribution is 0.375. The van der Waals surface area contributed by atoms with E-state index in [1.807, 2.05) is 6.07 Å². The van der Waals surface area contributed by atoms with E-state index in [9.17, 15) is 0 Å². The quantitative estimate of drug-likeness (QED) is 0.744. The first-order chi connectivity index (χ1) is 9.21. The maximum atomic E-state index is 6.09. The summed E-state index contributed by atoms with van der Waals surface area (Å²) < 4.78 is 6.09. The van der Waals surface area contributed by atoms with Gasteiger partial charge in [0.25, 0.3) is 0 Å². The zero-order valence-corrected chi connectivity index (χ0v) is 11.9. The van der Waals surface area contributed by atoms with Crippen molar-refractivity contribution in [2.24, 2.45) is 0 Å². The molecule has 0 saturated heterocycles. The molecule has 0 N–H and O–H groups in total. The SMILES string of the molecule is Bc1ccc2c(c1)C(CC)(CC)c1ccccc1O2.